The normalized spacial score (nSPS) is 18.1. The maximum Gasteiger partial charge on any atom is 0.412 e. The summed E-state index contributed by atoms with van der Waals surface area (Å²) in [5.41, 5.74) is -0.742. The van der Waals surface area contributed by atoms with Gasteiger partial charge >= 0.3 is 13.7 Å². The third kappa shape index (κ3) is 7.96. The van der Waals surface area contributed by atoms with E-state index < -0.39 is 60.8 Å². The number of nitrogens with one attached hydrogen (secondary N) is 3. The Morgan fingerprint density at radius 2 is 1.77 bits per heavy atom. The van der Waals surface area contributed by atoms with Crippen LogP contribution in [0.2, 0.25) is 5.02 Å². The highest BCUT2D eigenvalue weighted by Crippen LogP contribution is 2.45. The largest absolute Gasteiger partial charge is 0.436 e. The van der Waals surface area contributed by atoms with Crippen molar-refractivity contribution >= 4 is 48.7 Å². The van der Waals surface area contributed by atoms with Crippen molar-refractivity contribution in [2.24, 2.45) is 0 Å². The number of ether oxygens (including phenoxy) is 1. The molecule has 2 atom stereocenters. The molecule has 1 spiro atoms. The zero-order valence-corrected chi connectivity index (χ0v) is 26.3. The summed E-state index contributed by atoms with van der Waals surface area (Å²) in [7, 11) is -4.29. The van der Waals surface area contributed by atoms with Crippen molar-refractivity contribution < 1.29 is 47.0 Å². The molecule has 3 aromatic carbocycles. The van der Waals surface area contributed by atoms with Gasteiger partial charge in [0.25, 0.3) is 11.8 Å². The number of rotatable bonds is 9. The summed E-state index contributed by atoms with van der Waals surface area (Å²) in [6.45, 7) is -0.288. The summed E-state index contributed by atoms with van der Waals surface area (Å²) >= 11 is 6.07. The van der Waals surface area contributed by atoms with E-state index in [1.807, 2.05) is 0 Å². The third-order valence-electron chi connectivity index (χ3n) is 7.87. The van der Waals surface area contributed by atoms with Crippen LogP contribution in [0.5, 0.6) is 0 Å². The number of benzene rings is 3. The molecular formula is C31H30ClF2N4O8P. The Morgan fingerprint density at radius 3 is 2.45 bits per heavy atom. The summed E-state index contributed by atoms with van der Waals surface area (Å²) < 4.78 is 46.1. The van der Waals surface area contributed by atoms with Gasteiger partial charge in [0.05, 0.1) is 29.0 Å². The Morgan fingerprint density at radius 1 is 1.06 bits per heavy atom. The highest BCUT2D eigenvalue weighted by molar-refractivity contribution is 7.51. The fourth-order valence-electron chi connectivity index (χ4n) is 5.71. The Labute approximate surface area is 272 Å². The summed E-state index contributed by atoms with van der Waals surface area (Å²) in [6.07, 6.45) is -0.939. The number of carbonyl (C=O) groups is 4. The first-order valence-corrected chi connectivity index (χ1v) is 16.7. The average Bonchev–Trinajstić information content (AvgIpc) is 3.01. The van der Waals surface area contributed by atoms with E-state index in [0.29, 0.717) is 12.0 Å². The van der Waals surface area contributed by atoms with Gasteiger partial charge in [-0.05, 0) is 66.9 Å². The topological polar surface area (TPSA) is 174 Å². The van der Waals surface area contributed by atoms with Crippen LogP contribution in [0.15, 0.2) is 60.7 Å². The number of amides is 4. The van der Waals surface area contributed by atoms with E-state index in [1.165, 1.54) is 59.5 Å². The molecule has 0 radical (unpaired) electrons. The molecule has 3 aromatic rings. The smallest absolute Gasteiger partial charge is 0.412 e. The summed E-state index contributed by atoms with van der Waals surface area (Å²) in [5.74, 6) is -3.21. The van der Waals surface area contributed by atoms with Gasteiger partial charge in [-0.3, -0.25) is 24.3 Å². The van der Waals surface area contributed by atoms with Crippen molar-refractivity contribution in [3.8, 4) is 0 Å². The van der Waals surface area contributed by atoms with Crippen LogP contribution < -0.4 is 16.0 Å². The molecule has 0 saturated carbocycles. The minimum absolute atomic E-state index is 0.0127. The van der Waals surface area contributed by atoms with Crippen LogP contribution in [0.4, 0.5) is 19.3 Å². The molecule has 0 aliphatic carbocycles. The van der Waals surface area contributed by atoms with E-state index in [0.717, 1.165) is 0 Å². The van der Waals surface area contributed by atoms with Crippen LogP contribution in [0.3, 0.4) is 0 Å². The molecule has 0 bridgehead atoms. The number of hydrogen-bond acceptors (Lipinski definition) is 6. The second-order valence-electron chi connectivity index (χ2n) is 11.2. The summed E-state index contributed by atoms with van der Waals surface area (Å²) in [4.78, 5) is 71.6. The van der Waals surface area contributed by atoms with Gasteiger partial charge in [0.1, 0.15) is 11.9 Å². The number of piperidine rings is 1. The van der Waals surface area contributed by atoms with Gasteiger partial charge in [0, 0.05) is 30.6 Å². The predicted octanol–water partition coefficient (Wildman–Crippen LogP) is 3.95. The van der Waals surface area contributed by atoms with Gasteiger partial charge in [-0.25, -0.2) is 13.6 Å². The van der Waals surface area contributed by atoms with Gasteiger partial charge in [-0.1, -0.05) is 23.7 Å². The first kappa shape index (κ1) is 34.0. The SMILES string of the molecule is O=C1Nc2ccc(Cl)c(F)c2[C@@]2(CCCN(C(=O)[C@H](Cc3cccc(F)c3)NC(=O)c3ccc(C(=O)NCCP(=O)(O)O)cc3)C2)O1. The maximum absolute atomic E-state index is 15.4. The molecule has 1 saturated heterocycles. The molecule has 5 rings (SSSR count). The molecule has 0 unspecified atom stereocenters. The number of carbonyl (C=O) groups excluding carboxylic acids is 4. The zero-order valence-electron chi connectivity index (χ0n) is 24.7. The number of likely N-dealkylation sites (tertiary alicyclic amines) is 1. The lowest BCUT2D eigenvalue weighted by Crippen LogP contribution is -2.57. The third-order valence-corrected chi connectivity index (χ3v) is 8.97. The molecule has 1 fully saturated rings. The molecule has 12 nitrogen and oxygen atoms in total. The van der Waals surface area contributed by atoms with E-state index >= 15 is 4.39 Å². The van der Waals surface area contributed by atoms with E-state index in [1.54, 1.807) is 6.07 Å². The zero-order chi connectivity index (χ0) is 33.9. The fourth-order valence-corrected chi connectivity index (χ4v) is 6.27. The van der Waals surface area contributed by atoms with Crippen LogP contribution in [0.1, 0.15) is 44.7 Å². The van der Waals surface area contributed by atoms with Crippen LogP contribution in [0.25, 0.3) is 0 Å². The van der Waals surface area contributed by atoms with Crippen LogP contribution in [-0.2, 0) is 26.1 Å². The van der Waals surface area contributed by atoms with Crippen LogP contribution >= 0.6 is 19.2 Å². The van der Waals surface area contributed by atoms with Gasteiger partial charge in [-0.2, -0.15) is 0 Å². The molecule has 4 amide bonds. The predicted molar refractivity (Wildman–Crippen MR) is 166 cm³/mol. The Balaban J connectivity index is 1.37. The van der Waals surface area contributed by atoms with Crippen LogP contribution in [0, 0.1) is 11.6 Å². The van der Waals surface area contributed by atoms with Crippen molar-refractivity contribution in [2.45, 2.75) is 30.9 Å². The second kappa shape index (κ2) is 13.8. The minimum Gasteiger partial charge on any atom is -0.436 e. The Bertz CT molecular complexity index is 1770. The average molecular weight is 691 g/mol. The summed E-state index contributed by atoms with van der Waals surface area (Å²) in [6, 6.07) is 12.4. The number of hydrogen-bond donors (Lipinski definition) is 5. The lowest BCUT2D eigenvalue weighted by Gasteiger charge is -2.45. The summed E-state index contributed by atoms with van der Waals surface area (Å²) in [5, 5.41) is 7.34. The van der Waals surface area contributed by atoms with Crippen molar-refractivity contribution in [3.05, 3.63) is 99.6 Å². The number of fused-ring (bicyclic) bond motifs is 2. The number of anilines is 1. The first-order chi connectivity index (χ1) is 22.2. The molecule has 0 aromatic heterocycles. The maximum atomic E-state index is 15.4. The quantitative estimate of drug-likeness (QED) is 0.210. The molecule has 5 N–H and O–H groups in total. The van der Waals surface area contributed by atoms with Gasteiger partial charge in [0.15, 0.2) is 11.4 Å². The highest BCUT2D eigenvalue weighted by atomic mass is 35.5. The lowest BCUT2D eigenvalue weighted by molar-refractivity contribution is -0.141. The minimum atomic E-state index is -4.29. The van der Waals surface area contributed by atoms with Gasteiger partial charge < -0.3 is 30.1 Å². The number of nitrogens with zero attached hydrogens (tertiary/aromatic N) is 1. The van der Waals surface area contributed by atoms with Crippen molar-refractivity contribution in [1.82, 2.24) is 15.5 Å². The number of halogens is 3. The standard InChI is InChI=1S/C31H30ClF2N4O8P/c32-22-9-10-23-25(26(22)34)31(46-30(42)37-23)11-2-13-38(17-31)29(41)24(16-18-3-1-4-21(33)15-18)36-28(40)20-7-5-19(6-8-20)27(39)35-12-14-47(43,44)45/h1,3-10,15,24H,2,11-14,16-17H2,(H,35,39)(H,36,40)(H,37,42)(H2,43,44,45)/t24-,31-/m0/s1. The van der Waals surface area contributed by atoms with Crippen molar-refractivity contribution in [2.75, 3.05) is 31.1 Å². The monoisotopic (exact) mass is 690 g/mol. The molecule has 2 aliphatic rings. The molecule has 47 heavy (non-hydrogen) atoms. The first-order valence-electron chi connectivity index (χ1n) is 14.5. The molecular weight excluding hydrogens is 661 g/mol. The Hall–Kier alpha value is -4.36. The van der Waals surface area contributed by atoms with Gasteiger partial charge in [0.2, 0.25) is 5.91 Å². The molecule has 16 heteroatoms. The molecule has 248 valence electrons. The lowest BCUT2D eigenvalue weighted by atomic mass is 9.82. The van der Waals surface area contributed by atoms with Crippen LogP contribution in [-0.4, -0.2) is 70.3 Å². The van der Waals surface area contributed by atoms with Crippen molar-refractivity contribution in [1.29, 1.82) is 0 Å². The van der Waals surface area contributed by atoms with E-state index in [4.69, 9.17) is 26.1 Å². The van der Waals surface area contributed by atoms with E-state index in [9.17, 15) is 28.1 Å². The van der Waals surface area contributed by atoms with Crippen molar-refractivity contribution in [3.63, 3.8) is 0 Å². The van der Waals surface area contributed by atoms with E-state index in [-0.39, 0.29) is 59.9 Å². The Kier molecular flexibility index (Phi) is 9.97. The van der Waals surface area contributed by atoms with Gasteiger partial charge in [-0.15, -0.1) is 0 Å². The molecule has 2 heterocycles. The highest BCUT2D eigenvalue weighted by Gasteiger charge is 2.49. The molecule has 2 aliphatic heterocycles. The second-order valence-corrected chi connectivity index (χ2v) is 13.4. The fraction of sp³-hybridized carbons (Fsp3) is 0.290. The van der Waals surface area contributed by atoms with E-state index in [2.05, 4.69) is 16.0 Å².